The van der Waals surface area contributed by atoms with Crippen LogP contribution in [0.15, 0.2) is 146 Å². The Morgan fingerprint density at radius 2 is 0.862 bits per heavy atom. The second-order valence-electron chi connectivity index (χ2n) is 12.8. The van der Waals surface area contributed by atoms with E-state index in [1.807, 2.05) is 30.3 Å². The summed E-state index contributed by atoms with van der Waals surface area (Å²) in [6.07, 6.45) is 5.27. The summed E-state index contributed by atoms with van der Waals surface area (Å²) in [6, 6.07) is 28.0. The number of carbonyl (C=O) groups is 6. The zero-order valence-electron chi connectivity index (χ0n) is 31.3. The SMILES string of the molecule is C=C[C@H](CO)N1C(=O)c2ccccc2C1=O.C=C[C@H](COS(C)(=O)=O)N1C(=O)c2ccccc2C1=O.C=C[C@H](CSc1ccccc1)N1C(=O)c2ccccc2C1=O. The van der Waals surface area contributed by atoms with E-state index in [1.165, 1.54) is 17.1 Å². The van der Waals surface area contributed by atoms with Crippen molar-refractivity contribution in [3.05, 3.63) is 174 Å². The lowest BCUT2D eigenvalue weighted by atomic mass is 10.1. The minimum Gasteiger partial charge on any atom is -0.394 e. The fraction of sp³-hybridized carbons (Fsp3) is 0.163. The molecule has 7 rings (SSSR count). The van der Waals surface area contributed by atoms with Crippen molar-refractivity contribution in [3.63, 3.8) is 0 Å². The summed E-state index contributed by atoms with van der Waals surface area (Å²) in [5.41, 5.74) is 2.31. The van der Waals surface area contributed by atoms with Crippen molar-refractivity contribution in [3.8, 4) is 0 Å². The van der Waals surface area contributed by atoms with Crippen LogP contribution in [0.25, 0.3) is 0 Å². The largest absolute Gasteiger partial charge is 0.394 e. The highest BCUT2D eigenvalue weighted by atomic mass is 32.2. The van der Waals surface area contributed by atoms with E-state index >= 15 is 0 Å². The van der Waals surface area contributed by atoms with Gasteiger partial charge in [0.2, 0.25) is 0 Å². The lowest BCUT2D eigenvalue weighted by Gasteiger charge is -2.22. The van der Waals surface area contributed by atoms with Gasteiger partial charge in [0.25, 0.3) is 45.6 Å². The summed E-state index contributed by atoms with van der Waals surface area (Å²) in [6.45, 7) is 10.2. The maximum atomic E-state index is 12.5. The van der Waals surface area contributed by atoms with E-state index in [0.29, 0.717) is 39.1 Å². The second kappa shape index (κ2) is 18.8. The van der Waals surface area contributed by atoms with Crippen molar-refractivity contribution in [1.29, 1.82) is 0 Å². The minimum absolute atomic E-state index is 0.237. The fourth-order valence-electron chi connectivity index (χ4n) is 6.18. The number of aliphatic hydroxyl groups excluding tert-OH is 1. The van der Waals surface area contributed by atoms with Gasteiger partial charge in [-0.3, -0.25) is 47.7 Å². The number of amides is 6. The summed E-state index contributed by atoms with van der Waals surface area (Å²) in [5, 5.41) is 9.08. The molecule has 3 heterocycles. The highest BCUT2D eigenvalue weighted by Gasteiger charge is 2.41. The standard InChI is InChI=1S/C18H15NO2S.C13H13NO5S.C12H11NO3/c1-2-13(12-22-14-8-4-3-5-9-14)19-17(20)15-10-6-7-11-16(15)18(19)21;1-3-9(8-19-20(2,17)18)14-12(15)10-6-4-5-7-11(10)13(14)16;1-2-8(7-14)13-11(15)9-5-3-4-6-10(9)12(13)16/h2-11,13H,1,12H2;3-7,9H,1,8H2,2H3;2-6,8,14H,1,7H2/t13-;9-;8-/m111/s1. The number of rotatable bonds is 13. The van der Waals surface area contributed by atoms with Crippen LogP contribution in [0, 0.1) is 0 Å². The summed E-state index contributed by atoms with van der Waals surface area (Å²) in [7, 11) is -3.66. The first-order valence-corrected chi connectivity index (χ1v) is 20.5. The summed E-state index contributed by atoms with van der Waals surface area (Å²) in [5.74, 6) is -1.59. The van der Waals surface area contributed by atoms with Gasteiger partial charge in [0.1, 0.15) is 0 Å². The number of hydrogen-bond donors (Lipinski definition) is 1. The molecular weight excluding hydrogens is 783 g/mol. The predicted molar refractivity (Wildman–Crippen MR) is 218 cm³/mol. The van der Waals surface area contributed by atoms with Crippen molar-refractivity contribution in [2.75, 3.05) is 25.2 Å². The number of fused-ring (bicyclic) bond motifs is 3. The smallest absolute Gasteiger partial charge is 0.264 e. The minimum atomic E-state index is -3.66. The molecule has 0 saturated heterocycles. The number of aliphatic hydroxyl groups is 1. The van der Waals surface area contributed by atoms with Gasteiger partial charge in [0, 0.05) is 10.6 Å². The number of nitrogens with zero attached hydrogens (tertiary/aromatic N) is 3. The summed E-state index contributed by atoms with van der Waals surface area (Å²) >= 11 is 1.61. The lowest BCUT2D eigenvalue weighted by Crippen LogP contribution is -2.41. The van der Waals surface area contributed by atoms with Crippen LogP contribution in [0.2, 0.25) is 0 Å². The first-order valence-electron chi connectivity index (χ1n) is 17.7. The first-order chi connectivity index (χ1) is 27.8. The van der Waals surface area contributed by atoms with Crippen molar-refractivity contribution in [2.24, 2.45) is 0 Å². The van der Waals surface area contributed by atoms with Gasteiger partial charge in [-0.15, -0.1) is 31.5 Å². The fourth-order valence-corrected chi connectivity index (χ4v) is 7.56. The molecule has 6 amide bonds. The summed E-state index contributed by atoms with van der Waals surface area (Å²) < 4.78 is 26.7. The summed E-state index contributed by atoms with van der Waals surface area (Å²) in [4.78, 5) is 77.5. The maximum Gasteiger partial charge on any atom is 0.264 e. The molecule has 0 aliphatic carbocycles. The number of benzene rings is 4. The van der Waals surface area contributed by atoms with Gasteiger partial charge in [-0.25, -0.2) is 0 Å². The van der Waals surface area contributed by atoms with Gasteiger partial charge >= 0.3 is 0 Å². The average Bonchev–Trinajstić information content (AvgIpc) is 3.75. The molecule has 4 aromatic rings. The first kappa shape index (κ1) is 42.9. The number of imide groups is 3. The number of hydrogen-bond acceptors (Lipinski definition) is 11. The van der Waals surface area contributed by atoms with Crippen molar-refractivity contribution >= 4 is 57.3 Å². The molecule has 0 saturated carbocycles. The van der Waals surface area contributed by atoms with Crippen LogP contribution >= 0.6 is 11.8 Å². The average molecular weight is 822 g/mol. The molecular formula is C43H39N3O10S2. The van der Waals surface area contributed by atoms with Crippen LogP contribution in [0.5, 0.6) is 0 Å². The quantitative estimate of drug-likeness (QED) is 0.0805. The predicted octanol–water partition coefficient (Wildman–Crippen LogP) is 5.27. The Hall–Kier alpha value is -6.26. The molecule has 3 aliphatic heterocycles. The van der Waals surface area contributed by atoms with Crippen LogP contribution in [0.4, 0.5) is 0 Å². The Kier molecular flexibility index (Phi) is 13.9. The van der Waals surface area contributed by atoms with E-state index < -0.39 is 34.0 Å². The molecule has 0 unspecified atom stereocenters. The maximum absolute atomic E-state index is 12.5. The van der Waals surface area contributed by atoms with Crippen LogP contribution in [-0.4, -0.2) is 107 Å². The molecule has 1 N–H and O–H groups in total. The molecule has 15 heteroatoms. The van der Waals surface area contributed by atoms with Crippen molar-refractivity contribution in [1.82, 2.24) is 14.7 Å². The van der Waals surface area contributed by atoms with E-state index in [2.05, 4.69) is 23.9 Å². The Labute approximate surface area is 340 Å². The Bertz CT molecular complexity index is 2290. The van der Waals surface area contributed by atoms with Gasteiger partial charge < -0.3 is 5.11 Å². The number of carbonyl (C=O) groups excluding carboxylic acids is 6. The van der Waals surface area contributed by atoms with E-state index in [-0.39, 0.29) is 42.9 Å². The van der Waals surface area contributed by atoms with Crippen LogP contribution in [0.1, 0.15) is 62.1 Å². The molecule has 0 bridgehead atoms. The molecule has 298 valence electrons. The monoisotopic (exact) mass is 821 g/mol. The number of thioether (sulfide) groups is 1. The van der Waals surface area contributed by atoms with E-state index in [1.54, 1.807) is 90.6 Å². The van der Waals surface area contributed by atoms with Gasteiger partial charge in [-0.1, -0.05) is 72.8 Å². The van der Waals surface area contributed by atoms with Crippen molar-refractivity contribution in [2.45, 2.75) is 23.0 Å². The second-order valence-corrected chi connectivity index (χ2v) is 15.5. The van der Waals surface area contributed by atoms with Gasteiger partial charge in [0.05, 0.1) is 71.0 Å². The third kappa shape index (κ3) is 9.13. The topological polar surface area (TPSA) is 176 Å². The zero-order chi connectivity index (χ0) is 42.1. The molecule has 0 radical (unpaired) electrons. The van der Waals surface area contributed by atoms with Gasteiger partial charge in [0.15, 0.2) is 0 Å². The molecule has 58 heavy (non-hydrogen) atoms. The third-order valence-corrected chi connectivity index (χ3v) is 10.8. The highest BCUT2D eigenvalue weighted by molar-refractivity contribution is 7.99. The van der Waals surface area contributed by atoms with Crippen LogP contribution in [0.3, 0.4) is 0 Å². The molecule has 3 atom stereocenters. The van der Waals surface area contributed by atoms with Crippen LogP contribution in [-0.2, 0) is 14.3 Å². The van der Waals surface area contributed by atoms with Crippen molar-refractivity contribution < 1.29 is 46.5 Å². The highest BCUT2D eigenvalue weighted by Crippen LogP contribution is 2.29. The molecule has 0 spiro atoms. The molecule has 13 nitrogen and oxygen atoms in total. The molecule has 0 fully saturated rings. The molecule has 0 aromatic heterocycles. The third-order valence-electron chi connectivity index (χ3n) is 9.09. The lowest BCUT2D eigenvalue weighted by molar-refractivity contribution is 0.0556. The normalized spacial score (nSPS) is 15.7. The van der Waals surface area contributed by atoms with Gasteiger partial charge in [-0.05, 0) is 48.5 Å². The zero-order valence-corrected chi connectivity index (χ0v) is 32.9. The Morgan fingerprint density at radius 1 is 0.552 bits per heavy atom. The Morgan fingerprint density at radius 3 is 1.17 bits per heavy atom. The Balaban J connectivity index is 0.000000168. The molecule has 3 aliphatic rings. The van der Waals surface area contributed by atoms with E-state index in [4.69, 9.17) is 5.11 Å². The molecule has 4 aromatic carbocycles. The van der Waals surface area contributed by atoms with E-state index in [0.717, 1.165) is 21.0 Å². The van der Waals surface area contributed by atoms with Gasteiger partial charge in [-0.2, -0.15) is 8.42 Å². The van der Waals surface area contributed by atoms with Crippen LogP contribution < -0.4 is 0 Å². The van der Waals surface area contributed by atoms with E-state index in [9.17, 15) is 37.2 Å².